The Labute approximate surface area is 117 Å². The minimum absolute atomic E-state index is 0.243. The first-order valence-electron chi connectivity index (χ1n) is 7.03. The second-order valence-corrected chi connectivity index (χ2v) is 5.94. The molecule has 0 saturated heterocycles. The number of nitrogens with one attached hydrogen (secondary N) is 1. The van der Waals surface area contributed by atoms with Crippen molar-refractivity contribution in [1.29, 1.82) is 0 Å². The Hall–Kier alpha value is -1.22. The minimum Gasteiger partial charge on any atom is -0.504 e. The molecule has 0 aliphatic heterocycles. The van der Waals surface area contributed by atoms with Crippen LogP contribution in [0.3, 0.4) is 0 Å². The van der Waals surface area contributed by atoms with Crippen molar-refractivity contribution in [3.05, 3.63) is 23.8 Å². The van der Waals surface area contributed by atoms with Gasteiger partial charge in [-0.15, -0.1) is 0 Å². The fourth-order valence-corrected chi connectivity index (χ4v) is 1.71. The van der Waals surface area contributed by atoms with E-state index in [-0.39, 0.29) is 11.2 Å². The predicted octanol–water partition coefficient (Wildman–Crippen LogP) is 3.56. The van der Waals surface area contributed by atoms with Crippen LogP contribution in [0.4, 0.5) is 0 Å². The fraction of sp³-hybridized carbons (Fsp3) is 0.625. The molecule has 3 nitrogen and oxygen atoms in total. The van der Waals surface area contributed by atoms with Crippen molar-refractivity contribution in [1.82, 2.24) is 5.32 Å². The predicted molar refractivity (Wildman–Crippen MR) is 79.6 cm³/mol. The molecule has 108 valence electrons. The van der Waals surface area contributed by atoms with Gasteiger partial charge in [-0.25, -0.2) is 0 Å². The van der Waals surface area contributed by atoms with Gasteiger partial charge in [-0.1, -0.05) is 39.8 Å². The van der Waals surface area contributed by atoms with Crippen LogP contribution in [0.5, 0.6) is 11.5 Å². The summed E-state index contributed by atoms with van der Waals surface area (Å²) >= 11 is 0. The summed E-state index contributed by atoms with van der Waals surface area (Å²) in [6.45, 7) is 13.0. The summed E-state index contributed by atoms with van der Waals surface area (Å²) in [5.74, 6) is 1.42. The van der Waals surface area contributed by atoms with Crippen molar-refractivity contribution in [2.24, 2.45) is 11.3 Å². The van der Waals surface area contributed by atoms with Crippen LogP contribution in [0.25, 0.3) is 0 Å². The van der Waals surface area contributed by atoms with Crippen LogP contribution in [-0.2, 0) is 6.54 Å². The van der Waals surface area contributed by atoms with Crippen LogP contribution in [0.1, 0.15) is 40.2 Å². The van der Waals surface area contributed by atoms with Gasteiger partial charge in [0.25, 0.3) is 0 Å². The summed E-state index contributed by atoms with van der Waals surface area (Å²) in [5.41, 5.74) is 1.12. The summed E-state index contributed by atoms with van der Waals surface area (Å²) in [7, 11) is 0. The molecule has 0 radical (unpaired) electrons. The molecule has 0 aromatic heterocycles. The molecule has 3 heteroatoms. The second kappa shape index (κ2) is 6.80. The van der Waals surface area contributed by atoms with Gasteiger partial charge in [-0.3, -0.25) is 0 Å². The van der Waals surface area contributed by atoms with E-state index >= 15 is 0 Å². The van der Waals surface area contributed by atoms with Crippen LogP contribution in [0.2, 0.25) is 0 Å². The highest BCUT2D eigenvalue weighted by Crippen LogP contribution is 2.30. The van der Waals surface area contributed by atoms with Crippen molar-refractivity contribution >= 4 is 0 Å². The third-order valence-corrected chi connectivity index (χ3v) is 3.84. The highest BCUT2D eigenvalue weighted by Gasteiger charge is 2.21. The van der Waals surface area contributed by atoms with E-state index in [1.54, 1.807) is 6.07 Å². The molecule has 0 amide bonds. The maximum Gasteiger partial charge on any atom is 0.162 e. The largest absolute Gasteiger partial charge is 0.504 e. The van der Waals surface area contributed by atoms with E-state index in [1.807, 2.05) is 19.1 Å². The molecule has 1 aromatic carbocycles. The molecular weight excluding hydrogens is 238 g/mol. The first-order chi connectivity index (χ1) is 8.88. The highest BCUT2D eigenvalue weighted by molar-refractivity contribution is 5.45. The van der Waals surface area contributed by atoms with Crippen molar-refractivity contribution in [3.63, 3.8) is 0 Å². The monoisotopic (exact) mass is 265 g/mol. The van der Waals surface area contributed by atoms with Gasteiger partial charge in [0.2, 0.25) is 0 Å². The summed E-state index contributed by atoms with van der Waals surface area (Å²) in [5, 5.41) is 13.5. The zero-order valence-corrected chi connectivity index (χ0v) is 12.8. The lowest BCUT2D eigenvalue weighted by Crippen LogP contribution is -2.33. The molecule has 0 atom stereocenters. The second-order valence-electron chi connectivity index (χ2n) is 5.94. The quantitative estimate of drug-likeness (QED) is 0.792. The summed E-state index contributed by atoms with van der Waals surface area (Å²) < 4.78 is 5.38. The van der Waals surface area contributed by atoms with Gasteiger partial charge in [0, 0.05) is 18.7 Å². The molecule has 1 aromatic rings. The van der Waals surface area contributed by atoms with Crippen LogP contribution in [0.15, 0.2) is 18.2 Å². The Bertz CT molecular complexity index is 400. The number of para-hydroxylation sites is 1. The van der Waals surface area contributed by atoms with Gasteiger partial charge in [0.15, 0.2) is 11.5 Å². The normalized spacial score (nSPS) is 11.9. The Morgan fingerprint density at radius 1 is 1.32 bits per heavy atom. The standard InChI is InChI=1S/C16H27NO2/c1-6-19-14-9-7-8-13(15(14)18)10-17-11-16(4,5)12(2)3/h7-9,12,17-18H,6,10-11H2,1-5H3. The zero-order chi connectivity index (χ0) is 14.5. The van der Waals surface area contributed by atoms with E-state index in [1.165, 1.54) is 0 Å². The molecular formula is C16H27NO2. The molecule has 1 rings (SSSR count). The number of hydrogen-bond acceptors (Lipinski definition) is 3. The SMILES string of the molecule is CCOc1cccc(CNCC(C)(C)C(C)C)c1O. The lowest BCUT2D eigenvalue weighted by atomic mass is 9.81. The van der Waals surface area contributed by atoms with Crippen LogP contribution in [-0.4, -0.2) is 18.3 Å². The van der Waals surface area contributed by atoms with Gasteiger partial charge < -0.3 is 15.2 Å². The zero-order valence-electron chi connectivity index (χ0n) is 12.8. The van der Waals surface area contributed by atoms with Gasteiger partial charge in [-0.05, 0) is 24.3 Å². The Balaban J connectivity index is 2.61. The molecule has 0 aliphatic rings. The lowest BCUT2D eigenvalue weighted by Gasteiger charge is -2.29. The maximum atomic E-state index is 10.1. The number of rotatable bonds is 7. The van der Waals surface area contributed by atoms with Gasteiger partial charge in [-0.2, -0.15) is 0 Å². The van der Waals surface area contributed by atoms with Gasteiger partial charge in [0.05, 0.1) is 6.61 Å². The fourth-order valence-electron chi connectivity index (χ4n) is 1.71. The minimum atomic E-state index is 0.243. The van der Waals surface area contributed by atoms with Crippen LogP contribution >= 0.6 is 0 Å². The topological polar surface area (TPSA) is 41.5 Å². The van der Waals surface area contributed by atoms with E-state index < -0.39 is 0 Å². The summed E-state index contributed by atoms with van der Waals surface area (Å²) in [6, 6.07) is 5.63. The maximum absolute atomic E-state index is 10.1. The smallest absolute Gasteiger partial charge is 0.162 e. The molecule has 0 unspecified atom stereocenters. The third kappa shape index (κ3) is 4.43. The Kier molecular flexibility index (Phi) is 5.67. The number of benzene rings is 1. The first kappa shape index (κ1) is 15.8. The molecule has 2 N–H and O–H groups in total. The van der Waals surface area contributed by atoms with E-state index in [2.05, 4.69) is 33.0 Å². The van der Waals surface area contributed by atoms with Gasteiger partial charge >= 0.3 is 0 Å². The number of phenols is 1. The summed E-state index contributed by atoms with van der Waals surface area (Å²) in [4.78, 5) is 0. The molecule has 0 saturated carbocycles. The molecule has 0 aliphatic carbocycles. The van der Waals surface area contributed by atoms with Crippen LogP contribution in [0, 0.1) is 11.3 Å². The lowest BCUT2D eigenvalue weighted by molar-refractivity contribution is 0.237. The number of aromatic hydroxyl groups is 1. The Morgan fingerprint density at radius 2 is 2.00 bits per heavy atom. The number of phenolic OH excluding ortho intramolecular Hbond substituents is 1. The van der Waals surface area contributed by atoms with Crippen molar-refractivity contribution in [2.45, 2.75) is 41.2 Å². The highest BCUT2D eigenvalue weighted by atomic mass is 16.5. The Morgan fingerprint density at radius 3 is 2.58 bits per heavy atom. The van der Waals surface area contributed by atoms with E-state index in [0.29, 0.717) is 24.8 Å². The third-order valence-electron chi connectivity index (χ3n) is 3.84. The van der Waals surface area contributed by atoms with Crippen molar-refractivity contribution in [2.75, 3.05) is 13.2 Å². The average molecular weight is 265 g/mol. The number of hydrogen-bond donors (Lipinski definition) is 2. The van der Waals surface area contributed by atoms with E-state index in [9.17, 15) is 5.11 Å². The number of ether oxygens (including phenoxy) is 1. The molecule has 19 heavy (non-hydrogen) atoms. The molecule has 0 bridgehead atoms. The van der Waals surface area contributed by atoms with Gasteiger partial charge in [0.1, 0.15) is 0 Å². The molecule has 0 spiro atoms. The van der Waals surface area contributed by atoms with E-state index in [4.69, 9.17) is 4.74 Å². The molecule has 0 fully saturated rings. The van der Waals surface area contributed by atoms with Crippen molar-refractivity contribution in [3.8, 4) is 11.5 Å². The molecule has 0 heterocycles. The van der Waals surface area contributed by atoms with E-state index in [0.717, 1.165) is 12.1 Å². The average Bonchev–Trinajstić information content (AvgIpc) is 2.33. The van der Waals surface area contributed by atoms with Crippen LogP contribution < -0.4 is 10.1 Å². The summed E-state index contributed by atoms with van der Waals surface area (Å²) in [6.07, 6.45) is 0. The van der Waals surface area contributed by atoms with Crippen molar-refractivity contribution < 1.29 is 9.84 Å². The first-order valence-corrected chi connectivity index (χ1v) is 7.03.